The summed E-state index contributed by atoms with van der Waals surface area (Å²) in [5, 5.41) is 3.89. The number of carbonyl (C=O) groups excluding carboxylic acids is 1. The monoisotopic (exact) mass is 347 g/mol. The van der Waals surface area contributed by atoms with Crippen LogP contribution in [0.15, 0.2) is 28.8 Å². The number of morpholine rings is 1. The van der Waals surface area contributed by atoms with E-state index in [1.54, 1.807) is 18.7 Å². The van der Waals surface area contributed by atoms with Crippen molar-refractivity contribution in [1.82, 2.24) is 15.0 Å². The van der Waals surface area contributed by atoms with Gasteiger partial charge in [-0.25, -0.2) is 0 Å². The third kappa shape index (κ3) is 4.36. The van der Waals surface area contributed by atoms with E-state index in [0.29, 0.717) is 37.2 Å². The van der Waals surface area contributed by atoms with Crippen molar-refractivity contribution in [2.75, 3.05) is 25.4 Å². The SMILES string of the molecule is Cc1ccc(CSCC(=O)N2CCO[C@H](c3noc(C)n3)C2)cc1. The third-order valence-corrected chi connectivity index (χ3v) is 4.85. The number of aryl methyl sites for hydroxylation is 2. The molecule has 0 aliphatic carbocycles. The first-order valence-corrected chi connectivity index (χ1v) is 9.10. The molecule has 1 atom stereocenters. The van der Waals surface area contributed by atoms with E-state index in [2.05, 4.69) is 41.3 Å². The van der Waals surface area contributed by atoms with E-state index >= 15 is 0 Å². The van der Waals surface area contributed by atoms with E-state index in [1.165, 1.54) is 11.1 Å². The standard InChI is InChI=1S/C17H21N3O3S/c1-12-3-5-14(6-4-12)10-24-11-16(21)20-7-8-22-15(9-20)17-18-13(2)23-19-17/h3-6,15H,7-11H2,1-2H3/t15-/m0/s1. The zero-order valence-electron chi connectivity index (χ0n) is 13.9. The molecule has 1 aromatic heterocycles. The lowest BCUT2D eigenvalue weighted by Crippen LogP contribution is -2.43. The maximum absolute atomic E-state index is 12.4. The molecule has 7 heteroatoms. The van der Waals surface area contributed by atoms with Crippen LogP contribution in [0.5, 0.6) is 0 Å². The van der Waals surface area contributed by atoms with Gasteiger partial charge in [-0.1, -0.05) is 35.0 Å². The minimum absolute atomic E-state index is 0.126. The highest BCUT2D eigenvalue weighted by Crippen LogP contribution is 2.21. The lowest BCUT2D eigenvalue weighted by molar-refractivity contribution is -0.136. The Morgan fingerprint density at radius 3 is 2.83 bits per heavy atom. The Bertz CT molecular complexity index is 687. The van der Waals surface area contributed by atoms with Crippen LogP contribution >= 0.6 is 11.8 Å². The smallest absolute Gasteiger partial charge is 0.232 e. The van der Waals surface area contributed by atoms with E-state index < -0.39 is 0 Å². The van der Waals surface area contributed by atoms with Crippen molar-refractivity contribution in [2.24, 2.45) is 0 Å². The number of thioether (sulfide) groups is 1. The molecule has 3 rings (SSSR count). The summed E-state index contributed by atoms with van der Waals surface area (Å²) in [6.07, 6.45) is -0.303. The first kappa shape index (κ1) is 17.0. The summed E-state index contributed by atoms with van der Waals surface area (Å²) in [4.78, 5) is 18.4. The highest BCUT2D eigenvalue weighted by atomic mass is 32.2. The van der Waals surface area contributed by atoms with Gasteiger partial charge in [-0.3, -0.25) is 4.79 Å². The van der Waals surface area contributed by atoms with Crippen LogP contribution < -0.4 is 0 Å². The van der Waals surface area contributed by atoms with Crippen LogP contribution in [0, 0.1) is 13.8 Å². The fourth-order valence-electron chi connectivity index (χ4n) is 2.51. The van der Waals surface area contributed by atoms with Gasteiger partial charge in [0.25, 0.3) is 0 Å². The highest BCUT2D eigenvalue weighted by molar-refractivity contribution is 7.99. The van der Waals surface area contributed by atoms with Crippen molar-refractivity contribution in [3.63, 3.8) is 0 Å². The number of amides is 1. The minimum Gasteiger partial charge on any atom is -0.366 e. The second-order valence-corrected chi connectivity index (χ2v) is 6.83. The number of rotatable bonds is 5. The van der Waals surface area contributed by atoms with Crippen LogP contribution in [-0.2, 0) is 15.3 Å². The first-order chi connectivity index (χ1) is 11.6. The van der Waals surface area contributed by atoms with Crippen LogP contribution in [0.25, 0.3) is 0 Å². The highest BCUT2D eigenvalue weighted by Gasteiger charge is 2.28. The predicted molar refractivity (Wildman–Crippen MR) is 91.6 cm³/mol. The zero-order valence-corrected chi connectivity index (χ0v) is 14.7. The Morgan fingerprint density at radius 1 is 1.33 bits per heavy atom. The van der Waals surface area contributed by atoms with Crippen LogP contribution in [0.2, 0.25) is 0 Å². The molecule has 2 aromatic rings. The molecule has 1 saturated heterocycles. The molecule has 1 amide bonds. The summed E-state index contributed by atoms with van der Waals surface area (Å²) in [6, 6.07) is 8.40. The average Bonchev–Trinajstić information content (AvgIpc) is 3.03. The van der Waals surface area contributed by atoms with Gasteiger partial charge in [0, 0.05) is 19.2 Å². The molecular weight excluding hydrogens is 326 g/mol. The number of nitrogens with zero attached hydrogens (tertiary/aromatic N) is 3. The van der Waals surface area contributed by atoms with Crippen LogP contribution in [0.3, 0.4) is 0 Å². The number of benzene rings is 1. The number of aromatic nitrogens is 2. The lowest BCUT2D eigenvalue weighted by Gasteiger charge is -2.31. The molecule has 128 valence electrons. The molecule has 0 saturated carbocycles. The molecule has 0 N–H and O–H groups in total. The minimum atomic E-state index is -0.303. The second kappa shape index (κ2) is 7.81. The Hall–Kier alpha value is -1.86. The molecule has 0 radical (unpaired) electrons. The molecule has 1 aliphatic rings. The summed E-state index contributed by atoms with van der Waals surface area (Å²) in [5.74, 6) is 2.44. The van der Waals surface area contributed by atoms with Crippen LogP contribution in [-0.4, -0.2) is 46.4 Å². The molecule has 0 unspecified atom stereocenters. The summed E-state index contributed by atoms with van der Waals surface area (Å²) >= 11 is 1.63. The summed E-state index contributed by atoms with van der Waals surface area (Å²) in [5.41, 5.74) is 2.48. The Labute approximate surface area is 145 Å². The van der Waals surface area contributed by atoms with Gasteiger partial charge in [0.05, 0.1) is 18.9 Å². The van der Waals surface area contributed by atoms with E-state index in [0.717, 1.165) is 5.75 Å². The fraction of sp³-hybridized carbons (Fsp3) is 0.471. The van der Waals surface area contributed by atoms with E-state index in [1.807, 2.05) is 4.90 Å². The molecule has 24 heavy (non-hydrogen) atoms. The molecule has 0 spiro atoms. The lowest BCUT2D eigenvalue weighted by atomic mass is 10.2. The van der Waals surface area contributed by atoms with Gasteiger partial charge in [0.1, 0.15) is 6.10 Å². The summed E-state index contributed by atoms with van der Waals surface area (Å²) in [6.45, 7) is 5.39. The van der Waals surface area contributed by atoms with Crippen molar-refractivity contribution in [1.29, 1.82) is 0 Å². The zero-order chi connectivity index (χ0) is 16.9. The van der Waals surface area contributed by atoms with Gasteiger partial charge in [-0.15, -0.1) is 11.8 Å². The second-order valence-electron chi connectivity index (χ2n) is 5.85. The van der Waals surface area contributed by atoms with Gasteiger partial charge >= 0.3 is 0 Å². The van der Waals surface area contributed by atoms with E-state index in [-0.39, 0.29) is 12.0 Å². The van der Waals surface area contributed by atoms with Crippen molar-refractivity contribution < 1.29 is 14.1 Å². The van der Waals surface area contributed by atoms with Gasteiger partial charge in [-0.05, 0) is 12.5 Å². The van der Waals surface area contributed by atoms with E-state index in [9.17, 15) is 4.79 Å². The molecular formula is C17H21N3O3S. The molecule has 2 heterocycles. The van der Waals surface area contributed by atoms with Gasteiger partial charge in [-0.2, -0.15) is 4.98 Å². The molecule has 1 aliphatic heterocycles. The number of ether oxygens (including phenoxy) is 1. The molecule has 1 aromatic carbocycles. The van der Waals surface area contributed by atoms with Crippen LogP contribution in [0.4, 0.5) is 0 Å². The third-order valence-electron chi connectivity index (χ3n) is 3.87. The Morgan fingerprint density at radius 2 is 2.12 bits per heavy atom. The average molecular weight is 347 g/mol. The maximum atomic E-state index is 12.4. The fourth-order valence-corrected chi connectivity index (χ4v) is 3.40. The molecule has 6 nitrogen and oxygen atoms in total. The van der Waals surface area contributed by atoms with Crippen LogP contribution in [0.1, 0.15) is 28.9 Å². The Kier molecular flexibility index (Phi) is 5.52. The number of hydrogen-bond acceptors (Lipinski definition) is 6. The van der Waals surface area contributed by atoms with E-state index in [4.69, 9.17) is 9.26 Å². The van der Waals surface area contributed by atoms with Gasteiger partial charge < -0.3 is 14.2 Å². The number of carbonyl (C=O) groups is 1. The summed E-state index contributed by atoms with van der Waals surface area (Å²) in [7, 11) is 0. The van der Waals surface area contributed by atoms with Gasteiger partial charge in [0.2, 0.25) is 17.6 Å². The summed E-state index contributed by atoms with van der Waals surface area (Å²) < 4.78 is 10.6. The van der Waals surface area contributed by atoms with Crippen molar-refractivity contribution in [2.45, 2.75) is 25.7 Å². The molecule has 0 bridgehead atoms. The quantitative estimate of drug-likeness (QED) is 0.828. The maximum Gasteiger partial charge on any atom is 0.232 e. The Balaban J connectivity index is 1.48. The van der Waals surface area contributed by atoms with Crippen molar-refractivity contribution in [3.05, 3.63) is 47.1 Å². The molecule has 1 fully saturated rings. The van der Waals surface area contributed by atoms with Crippen molar-refractivity contribution in [3.8, 4) is 0 Å². The topological polar surface area (TPSA) is 68.5 Å². The van der Waals surface area contributed by atoms with Gasteiger partial charge in [0.15, 0.2) is 0 Å². The predicted octanol–water partition coefficient (Wildman–Crippen LogP) is 2.52. The number of hydrogen-bond donors (Lipinski definition) is 0. The first-order valence-electron chi connectivity index (χ1n) is 7.94. The normalized spacial score (nSPS) is 17.9. The largest absolute Gasteiger partial charge is 0.366 e. The van der Waals surface area contributed by atoms with Crippen molar-refractivity contribution >= 4 is 17.7 Å².